The summed E-state index contributed by atoms with van der Waals surface area (Å²) in [5.41, 5.74) is 0. The average molecular weight is 380 g/mol. The van der Waals surface area contributed by atoms with Gasteiger partial charge in [-0.05, 0) is 24.6 Å². The molecule has 0 fully saturated rings. The van der Waals surface area contributed by atoms with E-state index in [2.05, 4.69) is 20.7 Å². The second-order valence-corrected chi connectivity index (χ2v) is 7.12. The van der Waals surface area contributed by atoms with Gasteiger partial charge in [0, 0.05) is 11.0 Å². The maximum atomic E-state index is 12.3. The molecule has 0 spiro atoms. The van der Waals surface area contributed by atoms with Gasteiger partial charge in [-0.2, -0.15) is 0 Å². The van der Waals surface area contributed by atoms with Crippen molar-refractivity contribution in [3.05, 3.63) is 22.7 Å². The fraction of sp³-hybridized carbons (Fsp3) is 0.462. The van der Waals surface area contributed by atoms with Crippen LogP contribution in [0.1, 0.15) is 19.8 Å². The van der Waals surface area contributed by atoms with Crippen molar-refractivity contribution >= 4 is 31.9 Å². The molecule has 8 heteroatoms. The van der Waals surface area contributed by atoms with E-state index in [9.17, 15) is 13.2 Å². The van der Waals surface area contributed by atoms with Gasteiger partial charge in [-0.25, -0.2) is 13.1 Å². The van der Waals surface area contributed by atoms with Crippen LogP contribution in [-0.2, 0) is 14.8 Å². The van der Waals surface area contributed by atoms with Crippen molar-refractivity contribution in [2.75, 3.05) is 13.7 Å². The molecule has 0 saturated heterocycles. The van der Waals surface area contributed by atoms with Crippen LogP contribution in [0, 0.1) is 5.92 Å². The van der Waals surface area contributed by atoms with Crippen LogP contribution in [0.15, 0.2) is 27.6 Å². The number of carbonyl (C=O) groups is 1. The highest BCUT2D eigenvalue weighted by atomic mass is 79.9. The Morgan fingerprint density at radius 1 is 1.48 bits per heavy atom. The van der Waals surface area contributed by atoms with Crippen molar-refractivity contribution < 1.29 is 23.1 Å². The molecule has 2 N–H and O–H groups in total. The Hall–Kier alpha value is -1.12. The predicted molar refractivity (Wildman–Crippen MR) is 81.9 cm³/mol. The molecule has 1 atom stereocenters. The first-order chi connectivity index (χ1) is 9.81. The van der Waals surface area contributed by atoms with E-state index < -0.39 is 21.9 Å². The van der Waals surface area contributed by atoms with E-state index in [1.165, 1.54) is 19.2 Å². The van der Waals surface area contributed by atoms with Gasteiger partial charge in [-0.15, -0.1) is 0 Å². The molecule has 6 nitrogen and oxygen atoms in total. The molecule has 0 radical (unpaired) electrons. The molecule has 1 aromatic carbocycles. The number of methoxy groups -OCH3 is 1. The van der Waals surface area contributed by atoms with Crippen LogP contribution in [-0.4, -0.2) is 33.1 Å². The maximum Gasteiger partial charge on any atom is 0.307 e. The Balaban J connectivity index is 2.96. The summed E-state index contributed by atoms with van der Waals surface area (Å²) in [6.45, 7) is 1.70. The van der Waals surface area contributed by atoms with E-state index in [0.29, 0.717) is 17.3 Å². The zero-order chi connectivity index (χ0) is 16.0. The van der Waals surface area contributed by atoms with Gasteiger partial charge in [0.15, 0.2) is 0 Å². The lowest BCUT2D eigenvalue weighted by atomic mass is 10.1. The van der Waals surface area contributed by atoms with Gasteiger partial charge in [0.05, 0.1) is 13.0 Å². The van der Waals surface area contributed by atoms with E-state index in [1.807, 2.05) is 6.92 Å². The Morgan fingerprint density at radius 2 is 2.14 bits per heavy atom. The van der Waals surface area contributed by atoms with Gasteiger partial charge in [0.1, 0.15) is 10.6 Å². The van der Waals surface area contributed by atoms with Crippen LogP contribution in [0.5, 0.6) is 5.75 Å². The summed E-state index contributed by atoms with van der Waals surface area (Å²) in [7, 11) is -2.47. The monoisotopic (exact) mass is 379 g/mol. The van der Waals surface area contributed by atoms with Crippen LogP contribution in [0.4, 0.5) is 0 Å². The summed E-state index contributed by atoms with van der Waals surface area (Å²) >= 11 is 3.20. The Labute approximate surface area is 132 Å². The van der Waals surface area contributed by atoms with Crippen LogP contribution in [0.2, 0.25) is 0 Å². The largest absolute Gasteiger partial charge is 0.495 e. The minimum atomic E-state index is -3.84. The second kappa shape index (κ2) is 7.77. The molecule has 1 aromatic rings. The summed E-state index contributed by atoms with van der Waals surface area (Å²) in [6, 6.07) is 4.60. The molecule has 1 rings (SSSR count). The zero-order valence-electron chi connectivity index (χ0n) is 11.8. The van der Waals surface area contributed by atoms with E-state index >= 15 is 0 Å². The molecule has 0 amide bonds. The number of sulfonamides is 1. The summed E-state index contributed by atoms with van der Waals surface area (Å²) in [5.74, 6) is -1.56. The van der Waals surface area contributed by atoms with Crippen molar-refractivity contribution in [1.82, 2.24) is 4.72 Å². The van der Waals surface area contributed by atoms with Crippen molar-refractivity contribution in [3.63, 3.8) is 0 Å². The number of halogens is 1. The number of nitrogens with one attached hydrogen (secondary N) is 1. The zero-order valence-corrected chi connectivity index (χ0v) is 14.2. The highest BCUT2D eigenvalue weighted by Crippen LogP contribution is 2.27. The van der Waals surface area contributed by atoms with Gasteiger partial charge in [-0.1, -0.05) is 29.3 Å². The smallest absolute Gasteiger partial charge is 0.307 e. The molecule has 0 bridgehead atoms. The van der Waals surface area contributed by atoms with E-state index in [-0.39, 0.29) is 17.2 Å². The normalized spacial score (nSPS) is 12.9. The topological polar surface area (TPSA) is 92.7 Å². The number of benzene rings is 1. The average Bonchev–Trinajstić information content (AvgIpc) is 2.43. The van der Waals surface area contributed by atoms with Crippen LogP contribution in [0.3, 0.4) is 0 Å². The summed E-state index contributed by atoms with van der Waals surface area (Å²) in [5, 5.41) is 9.05. The van der Waals surface area contributed by atoms with Crippen molar-refractivity contribution in [1.29, 1.82) is 0 Å². The molecule has 0 heterocycles. The molecule has 0 aliphatic carbocycles. The number of hydrogen-bond donors (Lipinski definition) is 2. The van der Waals surface area contributed by atoms with E-state index in [1.54, 1.807) is 6.07 Å². The first kappa shape index (κ1) is 17.9. The number of rotatable bonds is 8. The quantitative estimate of drug-likeness (QED) is 0.722. The minimum Gasteiger partial charge on any atom is -0.495 e. The van der Waals surface area contributed by atoms with Crippen LogP contribution >= 0.6 is 15.9 Å². The molecule has 118 valence electrons. The molecule has 1 unspecified atom stereocenters. The van der Waals surface area contributed by atoms with E-state index in [0.717, 1.165) is 0 Å². The van der Waals surface area contributed by atoms with Gasteiger partial charge >= 0.3 is 5.97 Å². The minimum absolute atomic E-state index is 0.0278. The van der Waals surface area contributed by atoms with Crippen LogP contribution in [0.25, 0.3) is 0 Å². The second-order valence-electron chi connectivity index (χ2n) is 4.47. The van der Waals surface area contributed by atoms with Gasteiger partial charge in [0.25, 0.3) is 0 Å². The van der Waals surface area contributed by atoms with Gasteiger partial charge in [-0.3, -0.25) is 4.79 Å². The molecular weight excluding hydrogens is 362 g/mol. The SMILES string of the molecule is CCCC(CNS(=O)(=O)c1cc(Br)ccc1OC)C(=O)O. The third-order valence-corrected chi connectivity index (χ3v) is 4.86. The van der Waals surface area contributed by atoms with Crippen molar-refractivity contribution in [3.8, 4) is 5.75 Å². The molecule has 0 aromatic heterocycles. The standard InChI is InChI=1S/C13H18BrNO5S/c1-3-4-9(13(16)17)8-15-21(18,19)12-7-10(14)5-6-11(12)20-2/h5-7,9,15H,3-4,8H2,1-2H3,(H,16,17). The first-order valence-electron chi connectivity index (χ1n) is 6.37. The van der Waals surface area contributed by atoms with Gasteiger partial charge in [0.2, 0.25) is 10.0 Å². The third kappa shape index (κ3) is 4.98. The molecule has 0 saturated carbocycles. The first-order valence-corrected chi connectivity index (χ1v) is 8.65. The van der Waals surface area contributed by atoms with E-state index in [4.69, 9.17) is 9.84 Å². The lowest BCUT2D eigenvalue weighted by Gasteiger charge is -2.14. The Kier molecular flexibility index (Phi) is 6.63. The summed E-state index contributed by atoms with van der Waals surface area (Å²) < 4.78 is 32.5. The van der Waals surface area contributed by atoms with Crippen molar-refractivity contribution in [2.24, 2.45) is 5.92 Å². The molecule has 0 aliphatic heterocycles. The fourth-order valence-corrected chi connectivity index (χ4v) is 3.60. The Bertz CT molecular complexity index is 603. The van der Waals surface area contributed by atoms with Gasteiger partial charge < -0.3 is 9.84 Å². The van der Waals surface area contributed by atoms with Crippen molar-refractivity contribution in [2.45, 2.75) is 24.7 Å². The number of carboxylic acid groups (broad SMARTS) is 1. The Morgan fingerprint density at radius 3 is 2.67 bits per heavy atom. The molecule has 21 heavy (non-hydrogen) atoms. The number of aliphatic carboxylic acids is 1. The lowest BCUT2D eigenvalue weighted by molar-refractivity contribution is -0.141. The maximum absolute atomic E-state index is 12.3. The molecular formula is C13H18BrNO5S. The highest BCUT2D eigenvalue weighted by molar-refractivity contribution is 9.10. The summed E-state index contributed by atoms with van der Waals surface area (Å²) in [4.78, 5) is 11.0. The molecule has 0 aliphatic rings. The number of carboxylic acids is 1. The summed E-state index contributed by atoms with van der Waals surface area (Å²) in [6.07, 6.45) is 1.08. The fourth-order valence-electron chi connectivity index (χ4n) is 1.81. The lowest BCUT2D eigenvalue weighted by Crippen LogP contribution is -2.33. The number of hydrogen-bond acceptors (Lipinski definition) is 4. The third-order valence-electron chi connectivity index (χ3n) is 2.92. The highest BCUT2D eigenvalue weighted by Gasteiger charge is 2.23. The number of ether oxygens (including phenoxy) is 1. The van der Waals surface area contributed by atoms with Crippen LogP contribution < -0.4 is 9.46 Å². The predicted octanol–water partition coefficient (Wildman–Crippen LogP) is 2.24.